The summed E-state index contributed by atoms with van der Waals surface area (Å²) in [5.41, 5.74) is 1.37. The lowest BCUT2D eigenvalue weighted by molar-refractivity contribution is 0.553. The number of nitrogens with zero attached hydrogens (tertiary/aromatic N) is 2. The van der Waals surface area contributed by atoms with E-state index in [2.05, 4.69) is 17.1 Å². The van der Waals surface area contributed by atoms with Crippen LogP contribution >= 0.6 is 0 Å². The normalized spacial score (nSPS) is 10.3. The maximum Gasteiger partial charge on any atom is 0.0621 e. The van der Waals surface area contributed by atoms with Crippen LogP contribution in [0.5, 0.6) is 0 Å². The molecule has 0 amide bonds. The van der Waals surface area contributed by atoms with Gasteiger partial charge in [0.1, 0.15) is 0 Å². The summed E-state index contributed by atoms with van der Waals surface area (Å²) in [7, 11) is 0. The Morgan fingerprint density at radius 2 is 1.45 bits per heavy atom. The number of pyridine rings is 1. The molecule has 0 unspecified atom stereocenters. The maximum absolute atomic E-state index is 8.43. The molecule has 0 saturated carbocycles. The molecule has 1 aromatic rings. The van der Waals surface area contributed by atoms with Gasteiger partial charge >= 0.3 is 0 Å². The van der Waals surface area contributed by atoms with Crippen LogP contribution in [0.1, 0.15) is 76.2 Å². The van der Waals surface area contributed by atoms with Crippen molar-refractivity contribution in [2.45, 2.75) is 77.0 Å². The summed E-state index contributed by atoms with van der Waals surface area (Å²) in [6, 6.07) is 6.39. The third kappa shape index (κ3) is 9.55. The van der Waals surface area contributed by atoms with E-state index in [4.69, 9.17) is 5.26 Å². The zero-order chi connectivity index (χ0) is 14.3. The molecule has 0 aromatic carbocycles. The maximum atomic E-state index is 8.43. The Kier molecular flexibility index (Phi) is 10.6. The van der Waals surface area contributed by atoms with Crippen molar-refractivity contribution in [1.29, 1.82) is 5.26 Å². The third-order valence-corrected chi connectivity index (χ3v) is 3.73. The molecular formula is C18H28N2. The van der Waals surface area contributed by atoms with Gasteiger partial charge in [-0.05, 0) is 30.9 Å². The first-order chi connectivity index (χ1) is 9.93. The molecule has 0 radical (unpaired) electrons. The largest absolute Gasteiger partial charge is 0.264 e. The first-order valence-corrected chi connectivity index (χ1v) is 8.19. The second-order valence-electron chi connectivity index (χ2n) is 5.55. The van der Waals surface area contributed by atoms with Crippen molar-refractivity contribution in [3.63, 3.8) is 0 Å². The van der Waals surface area contributed by atoms with Crippen LogP contribution in [0.15, 0.2) is 24.5 Å². The average Bonchev–Trinajstić information content (AvgIpc) is 2.49. The van der Waals surface area contributed by atoms with Crippen LogP contribution in [-0.4, -0.2) is 4.98 Å². The van der Waals surface area contributed by atoms with Crippen LogP contribution < -0.4 is 0 Å². The molecule has 0 aliphatic heterocycles. The predicted molar refractivity (Wildman–Crippen MR) is 84.3 cm³/mol. The number of hydrogen-bond donors (Lipinski definition) is 0. The van der Waals surface area contributed by atoms with E-state index in [1.54, 1.807) is 0 Å². The lowest BCUT2D eigenvalue weighted by Gasteiger charge is -2.02. The minimum atomic E-state index is 0.733. The van der Waals surface area contributed by atoms with Gasteiger partial charge in [-0.3, -0.25) is 4.98 Å². The van der Waals surface area contributed by atoms with Crippen LogP contribution in [0.2, 0.25) is 0 Å². The second kappa shape index (κ2) is 12.7. The fraction of sp³-hybridized carbons (Fsp3) is 0.667. The second-order valence-corrected chi connectivity index (χ2v) is 5.55. The minimum absolute atomic E-state index is 0.733. The molecule has 0 bridgehead atoms. The zero-order valence-electron chi connectivity index (χ0n) is 12.7. The summed E-state index contributed by atoms with van der Waals surface area (Å²) in [4.78, 5) is 4.14. The van der Waals surface area contributed by atoms with Gasteiger partial charge in [-0.25, -0.2) is 0 Å². The Bertz CT molecular complexity index is 353. The molecule has 0 N–H and O–H groups in total. The SMILES string of the molecule is N#CCCCCCCCCCCCCc1cccnc1. The zero-order valence-corrected chi connectivity index (χ0v) is 12.7. The third-order valence-electron chi connectivity index (χ3n) is 3.73. The van der Waals surface area contributed by atoms with Gasteiger partial charge < -0.3 is 0 Å². The van der Waals surface area contributed by atoms with Gasteiger partial charge in [-0.15, -0.1) is 0 Å². The average molecular weight is 272 g/mol. The van der Waals surface area contributed by atoms with Crippen LogP contribution in [0.4, 0.5) is 0 Å². The number of unbranched alkanes of at least 4 members (excludes halogenated alkanes) is 10. The van der Waals surface area contributed by atoms with Gasteiger partial charge in [0.15, 0.2) is 0 Å². The van der Waals surface area contributed by atoms with Crippen molar-refractivity contribution in [3.8, 4) is 6.07 Å². The number of nitriles is 1. The summed E-state index contributed by atoms with van der Waals surface area (Å²) >= 11 is 0. The van der Waals surface area contributed by atoms with Crippen molar-refractivity contribution < 1.29 is 0 Å². The van der Waals surface area contributed by atoms with Gasteiger partial charge in [0.05, 0.1) is 6.07 Å². The number of aromatic nitrogens is 1. The van der Waals surface area contributed by atoms with Gasteiger partial charge in [0.2, 0.25) is 0 Å². The Hall–Kier alpha value is -1.36. The van der Waals surface area contributed by atoms with Crippen molar-refractivity contribution in [1.82, 2.24) is 4.98 Å². The Balaban J connectivity index is 1.78. The smallest absolute Gasteiger partial charge is 0.0621 e. The van der Waals surface area contributed by atoms with Crippen molar-refractivity contribution >= 4 is 0 Å². The molecule has 0 aliphatic carbocycles. The Labute approximate surface area is 124 Å². The van der Waals surface area contributed by atoms with Crippen LogP contribution in [0, 0.1) is 11.3 Å². The number of aryl methyl sites for hydroxylation is 1. The first kappa shape index (κ1) is 16.7. The van der Waals surface area contributed by atoms with Crippen molar-refractivity contribution in [2.24, 2.45) is 0 Å². The van der Waals surface area contributed by atoms with E-state index >= 15 is 0 Å². The van der Waals surface area contributed by atoms with Gasteiger partial charge in [-0.2, -0.15) is 5.26 Å². The highest BCUT2D eigenvalue weighted by Gasteiger charge is 1.95. The van der Waals surface area contributed by atoms with Crippen LogP contribution in [0.3, 0.4) is 0 Å². The number of hydrogen-bond acceptors (Lipinski definition) is 2. The molecule has 2 nitrogen and oxygen atoms in total. The molecule has 20 heavy (non-hydrogen) atoms. The van der Waals surface area contributed by atoms with E-state index in [1.165, 1.54) is 69.8 Å². The highest BCUT2D eigenvalue weighted by Crippen LogP contribution is 2.12. The fourth-order valence-electron chi connectivity index (χ4n) is 2.49. The summed E-state index contributed by atoms with van der Waals surface area (Å²) < 4.78 is 0. The van der Waals surface area contributed by atoms with E-state index in [0.717, 1.165) is 12.8 Å². The standard InChI is InChI=1S/C18H28N2/c19-15-11-9-7-5-3-1-2-4-6-8-10-13-18-14-12-16-20-17-18/h12,14,16-17H,1-11,13H2. The molecule has 1 rings (SSSR count). The number of rotatable bonds is 12. The van der Waals surface area contributed by atoms with E-state index in [9.17, 15) is 0 Å². The molecule has 0 saturated heterocycles. The van der Waals surface area contributed by atoms with E-state index in [0.29, 0.717) is 0 Å². The summed E-state index contributed by atoms with van der Waals surface area (Å²) in [5.74, 6) is 0. The van der Waals surface area contributed by atoms with Crippen molar-refractivity contribution in [2.75, 3.05) is 0 Å². The van der Waals surface area contributed by atoms with Crippen LogP contribution in [-0.2, 0) is 6.42 Å². The molecule has 0 aliphatic rings. The molecule has 0 spiro atoms. The topological polar surface area (TPSA) is 36.7 Å². The molecule has 110 valence electrons. The molecule has 1 heterocycles. The predicted octanol–water partition coefficient (Wildman–Crippen LogP) is 5.44. The highest BCUT2D eigenvalue weighted by atomic mass is 14.6. The quantitative estimate of drug-likeness (QED) is 0.475. The van der Waals surface area contributed by atoms with Crippen molar-refractivity contribution in [3.05, 3.63) is 30.1 Å². The van der Waals surface area contributed by atoms with E-state index < -0.39 is 0 Å². The Morgan fingerprint density at radius 1 is 0.850 bits per heavy atom. The van der Waals surface area contributed by atoms with Gasteiger partial charge in [0.25, 0.3) is 0 Å². The molecular weight excluding hydrogens is 244 g/mol. The molecule has 1 aromatic heterocycles. The molecule has 2 heteroatoms. The molecule has 0 fully saturated rings. The lowest BCUT2D eigenvalue weighted by atomic mass is 10.0. The first-order valence-electron chi connectivity index (χ1n) is 8.19. The van der Waals surface area contributed by atoms with Crippen LogP contribution in [0.25, 0.3) is 0 Å². The van der Waals surface area contributed by atoms with Gasteiger partial charge in [0, 0.05) is 18.8 Å². The highest BCUT2D eigenvalue weighted by molar-refractivity contribution is 5.08. The lowest BCUT2D eigenvalue weighted by Crippen LogP contribution is -1.87. The summed E-state index contributed by atoms with van der Waals surface area (Å²) in [6.45, 7) is 0. The minimum Gasteiger partial charge on any atom is -0.264 e. The Morgan fingerprint density at radius 3 is 2.00 bits per heavy atom. The molecule has 0 atom stereocenters. The van der Waals surface area contributed by atoms with Gasteiger partial charge in [-0.1, -0.05) is 57.4 Å². The van der Waals surface area contributed by atoms with E-state index in [1.807, 2.05) is 18.5 Å². The summed E-state index contributed by atoms with van der Waals surface area (Å²) in [6.07, 6.45) is 18.8. The fourth-order valence-corrected chi connectivity index (χ4v) is 2.49. The summed E-state index contributed by atoms with van der Waals surface area (Å²) in [5, 5.41) is 8.43. The van der Waals surface area contributed by atoms with E-state index in [-0.39, 0.29) is 0 Å². The monoisotopic (exact) mass is 272 g/mol.